The summed E-state index contributed by atoms with van der Waals surface area (Å²) in [5, 5.41) is 0. The average molecular weight is 372 g/mol. The minimum atomic E-state index is -3.26. The number of carbonyl (C=O) groups is 1. The van der Waals surface area contributed by atoms with Crippen LogP contribution in [0.3, 0.4) is 0 Å². The molecule has 1 aromatic rings. The van der Waals surface area contributed by atoms with Gasteiger partial charge in [0.05, 0.1) is 19.1 Å². The number of aliphatic imine (C=N–C) groups is 1. The third-order valence-electron chi connectivity index (χ3n) is 4.20. The standard InChI is InChI=1S/C19H20N2O4S/c1-25-18-9-13(12-20-26(2,23)24)7-8-15(18)11-16-10-14-5-3-4-6-17(14)21-19(16)22/h3-10,14,20H,11-12H2,1-2H3. The van der Waals surface area contributed by atoms with Gasteiger partial charge < -0.3 is 4.74 Å². The summed E-state index contributed by atoms with van der Waals surface area (Å²) in [5.74, 6) is 0.401. The third kappa shape index (κ3) is 4.36. The second-order valence-electron chi connectivity index (χ2n) is 6.22. The fourth-order valence-corrected chi connectivity index (χ4v) is 3.31. The van der Waals surface area contributed by atoms with Crippen LogP contribution in [0.15, 0.2) is 59.1 Å². The van der Waals surface area contributed by atoms with Gasteiger partial charge in [-0.1, -0.05) is 36.4 Å². The largest absolute Gasteiger partial charge is 0.496 e. The van der Waals surface area contributed by atoms with Gasteiger partial charge in [0.15, 0.2) is 0 Å². The Bertz CT molecular complexity index is 956. The highest BCUT2D eigenvalue weighted by molar-refractivity contribution is 7.88. The van der Waals surface area contributed by atoms with Gasteiger partial charge in [0.25, 0.3) is 5.91 Å². The molecule has 0 saturated carbocycles. The van der Waals surface area contributed by atoms with E-state index in [-0.39, 0.29) is 18.4 Å². The number of rotatable bonds is 6. The Morgan fingerprint density at radius 3 is 2.81 bits per heavy atom. The zero-order valence-electron chi connectivity index (χ0n) is 14.6. The number of carbonyl (C=O) groups excluding carboxylic acids is 1. The maximum atomic E-state index is 12.3. The monoisotopic (exact) mass is 372 g/mol. The molecule has 1 aliphatic heterocycles. The molecule has 0 saturated heterocycles. The van der Waals surface area contributed by atoms with E-state index >= 15 is 0 Å². The predicted molar refractivity (Wildman–Crippen MR) is 101 cm³/mol. The van der Waals surface area contributed by atoms with Crippen molar-refractivity contribution in [3.8, 4) is 5.75 Å². The predicted octanol–water partition coefficient (Wildman–Crippen LogP) is 1.94. The van der Waals surface area contributed by atoms with Crippen molar-refractivity contribution >= 4 is 21.6 Å². The topological polar surface area (TPSA) is 84.8 Å². The first kappa shape index (κ1) is 18.3. The van der Waals surface area contributed by atoms with Crippen LogP contribution in [0, 0.1) is 5.92 Å². The summed E-state index contributed by atoms with van der Waals surface area (Å²) >= 11 is 0. The molecule has 3 rings (SSSR count). The summed E-state index contributed by atoms with van der Waals surface area (Å²) < 4.78 is 30.3. The van der Waals surface area contributed by atoms with Crippen LogP contribution in [0.5, 0.6) is 5.75 Å². The second kappa shape index (κ2) is 7.39. The molecule has 0 fully saturated rings. The van der Waals surface area contributed by atoms with Gasteiger partial charge in [0.2, 0.25) is 10.0 Å². The summed E-state index contributed by atoms with van der Waals surface area (Å²) in [4.78, 5) is 16.5. The number of nitrogens with one attached hydrogen (secondary N) is 1. The van der Waals surface area contributed by atoms with Crippen molar-refractivity contribution < 1.29 is 17.9 Å². The van der Waals surface area contributed by atoms with Crippen molar-refractivity contribution in [1.29, 1.82) is 0 Å². The number of hydrogen-bond donors (Lipinski definition) is 1. The van der Waals surface area contributed by atoms with Crippen LogP contribution in [0.25, 0.3) is 0 Å². The fourth-order valence-electron chi connectivity index (χ4n) is 2.88. The van der Waals surface area contributed by atoms with Crippen molar-refractivity contribution in [1.82, 2.24) is 4.72 Å². The SMILES string of the molecule is COc1cc(CNS(C)(=O)=O)ccc1CC1=CC2C=CC=CC2=NC1=O. The Balaban J connectivity index is 1.79. The highest BCUT2D eigenvalue weighted by Crippen LogP contribution is 2.27. The number of fused-ring (bicyclic) bond motifs is 1. The number of allylic oxidation sites excluding steroid dienone is 5. The number of amides is 1. The number of ether oxygens (including phenoxy) is 1. The van der Waals surface area contributed by atoms with E-state index in [4.69, 9.17) is 4.74 Å². The van der Waals surface area contributed by atoms with Crippen molar-refractivity contribution in [3.63, 3.8) is 0 Å². The Hall–Kier alpha value is -2.51. The lowest BCUT2D eigenvalue weighted by Crippen LogP contribution is -2.21. The van der Waals surface area contributed by atoms with Crippen LogP contribution in [0.1, 0.15) is 11.1 Å². The Kier molecular flexibility index (Phi) is 5.20. The van der Waals surface area contributed by atoms with Crippen LogP contribution in [-0.4, -0.2) is 33.4 Å². The summed E-state index contributed by atoms with van der Waals surface area (Å²) in [5.41, 5.74) is 3.01. The molecule has 7 heteroatoms. The molecule has 0 spiro atoms. The maximum absolute atomic E-state index is 12.3. The smallest absolute Gasteiger partial charge is 0.273 e. The highest BCUT2D eigenvalue weighted by Gasteiger charge is 2.23. The molecule has 136 valence electrons. The van der Waals surface area contributed by atoms with E-state index in [1.807, 2.05) is 42.5 Å². The molecule has 26 heavy (non-hydrogen) atoms. The quantitative estimate of drug-likeness (QED) is 0.827. The zero-order chi connectivity index (χ0) is 18.7. The maximum Gasteiger partial charge on any atom is 0.273 e. The first-order valence-corrected chi connectivity index (χ1v) is 10.0. The van der Waals surface area contributed by atoms with Gasteiger partial charge in [0, 0.05) is 24.5 Å². The van der Waals surface area contributed by atoms with Crippen LogP contribution in [-0.2, 0) is 27.8 Å². The van der Waals surface area contributed by atoms with Gasteiger partial charge in [-0.15, -0.1) is 0 Å². The molecule has 1 N–H and O–H groups in total. The van der Waals surface area contributed by atoms with E-state index in [2.05, 4.69) is 9.71 Å². The summed E-state index contributed by atoms with van der Waals surface area (Å²) in [6, 6.07) is 5.45. The fraction of sp³-hybridized carbons (Fsp3) is 0.263. The van der Waals surface area contributed by atoms with Crippen molar-refractivity contribution in [2.24, 2.45) is 10.9 Å². The highest BCUT2D eigenvalue weighted by atomic mass is 32.2. The summed E-state index contributed by atoms with van der Waals surface area (Å²) in [6.45, 7) is 0.184. The normalized spacial score (nSPS) is 19.0. The van der Waals surface area contributed by atoms with E-state index in [0.717, 1.165) is 23.1 Å². The molecule has 1 aromatic carbocycles. The molecule has 2 aliphatic rings. The number of dihydropyridines is 1. The molecule has 6 nitrogen and oxygen atoms in total. The minimum Gasteiger partial charge on any atom is -0.496 e. The van der Waals surface area contributed by atoms with Crippen molar-refractivity contribution in [3.05, 3.63) is 65.3 Å². The minimum absolute atomic E-state index is 0.0249. The van der Waals surface area contributed by atoms with E-state index in [9.17, 15) is 13.2 Å². The van der Waals surface area contributed by atoms with E-state index in [1.54, 1.807) is 13.2 Å². The molecule has 1 aliphatic carbocycles. The molecule has 1 unspecified atom stereocenters. The number of methoxy groups -OCH3 is 1. The van der Waals surface area contributed by atoms with E-state index < -0.39 is 10.0 Å². The Labute approximate surface area is 153 Å². The number of hydrogen-bond acceptors (Lipinski definition) is 4. The first-order chi connectivity index (χ1) is 12.4. The Morgan fingerprint density at radius 1 is 1.27 bits per heavy atom. The number of benzene rings is 1. The van der Waals surface area contributed by atoms with Gasteiger partial charge >= 0.3 is 0 Å². The summed E-state index contributed by atoms with van der Waals surface area (Å²) in [7, 11) is -1.71. The van der Waals surface area contributed by atoms with E-state index in [1.165, 1.54) is 0 Å². The molecule has 1 heterocycles. The van der Waals surface area contributed by atoms with Gasteiger partial charge in [-0.3, -0.25) is 4.79 Å². The van der Waals surface area contributed by atoms with Gasteiger partial charge in [-0.2, -0.15) is 0 Å². The van der Waals surface area contributed by atoms with E-state index in [0.29, 0.717) is 17.7 Å². The van der Waals surface area contributed by atoms with Crippen molar-refractivity contribution in [2.45, 2.75) is 13.0 Å². The lowest BCUT2D eigenvalue weighted by atomic mass is 9.90. The molecule has 0 bridgehead atoms. The van der Waals surface area contributed by atoms with Gasteiger partial charge in [-0.25, -0.2) is 18.1 Å². The lowest BCUT2D eigenvalue weighted by molar-refractivity contribution is -0.114. The van der Waals surface area contributed by atoms with Crippen LogP contribution in [0.2, 0.25) is 0 Å². The summed E-state index contributed by atoms with van der Waals surface area (Å²) in [6.07, 6.45) is 11.1. The number of nitrogens with zero attached hydrogens (tertiary/aromatic N) is 1. The molecule has 0 radical (unpaired) electrons. The van der Waals surface area contributed by atoms with Crippen LogP contribution < -0.4 is 9.46 Å². The molecular weight excluding hydrogens is 352 g/mol. The van der Waals surface area contributed by atoms with Gasteiger partial charge in [-0.05, 0) is 23.3 Å². The third-order valence-corrected chi connectivity index (χ3v) is 4.86. The molecule has 0 aromatic heterocycles. The molecule has 1 atom stereocenters. The molecule has 1 amide bonds. The van der Waals surface area contributed by atoms with Gasteiger partial charge in [0.1, 0.15) is 5.75 Å². The average Bonchev–Trinajstić information content (AvgIpc) is 2.60. The Morgan fingerprint density at radius 2 is 2.08 bits per heavy atom. The zero-order valence-corrected chi connectivity index (χ0v) is 15.4. The molecular formula is C19H20N2O4S. The lowest BCUT2D eigenvalue weighted by Gasteiger charge is -2.19. The first-order valence-electron chi connectivity index (χ1n) is 8.14. The van der Waals surface area contributed by atoms with Crippen molar-refractivity contribution in [2.75, 3.05) is 13.4 Å². The number of sulfonamides is 1. The van der Waals surface area contributed by atoms with Crippen LogP contribution >= 0.6 is 0 Å². The second-order valence-corrected chi connectivity index (χ2v) is 8.05. The van der Waals surface area contributed by atoms with Crippen LogP contribution in [0.4, 0.5) is 0 Å².